The van der Waals surface area contributed by atoms with Crippen LogP contribution in [0.3, 0.4) is 0 Å². The fourth-order valence-corrected chi connectivity index (χ4v) is 4.81. The minimum absolute atomic E-state index is 0.0570. The lowest BCUT2D eigenvalue weighted by Crippen LogP contribution is -2.49. The second-order valence-electron chi connectivity index (χ2n) is 11.2. The Morgan fingerprint density at radius 2 is 1.86 bits per heavy atom. The average Bonchev–Trinajstić information content (AvgIpc) is 2.94. The van der Waals surface area contributed by atoms with E-state index in [9.17, 15) is 22.8 Å². The Morgan fingerprint density at radius 3 is 2.45 bits per heavy atom. The van der Waals surface area contributed by atoms with E-state index in [0.717, 1.165) is 18.1 Å². The molecule has 230 valence electrons. The smallest absolute Gasteiger partial charge is 0.425 e. The zero-order valence-corrected chi connectivity index (χ0v) is 25.3. The lowest BCUT2D eigenvalue weighted by atomic mass is 10.2. The van der Waals surface area contributed by atoms with Crippen LogP contribution in [0.4, 0.5) is 19.0 Å². The number of halogens is 3. The van der Waals surface area contributed by atoms with Gasteiger partial charge in [0.1, 0.15) is 25.2 Å². The fourth-order valence-electron chi connectivity index (χ4n) is 4.05. The van der Waals surface area contributed by atoms with Gasteiger partial charge >= 0.3 is 6.18 Å². The first kappa shape index (κ1) is 33.0. The van der Waals surface area contributed by atoms with Crippen LogP contribution < -0.4 is 15.2 Å². The van der Waals surface area contributed by atoms with Crippen LogP contribution in [-0.2, 0) is 27.2 Å². The molecule has 42 heavy (non-hydrogen) atoms. The highest BCUT2D eigenvalue weighted by atomic mass is 28.3. The number of ether oxygens (including phenoxy) is 3. The summed E-state index contributed by atoms with van der Waals surface area (Å²) >= 11 is 0. The molecule has 1 aliphatic rings. The normalized spacial score (nSPS) is 14.9. The van der Waals surface area contributed by atoms with E-state index in [2.05, 4.69) is 29.7 Å². The molecule has 0 aliphatic carbocycles. The number of hydrogen-bond acceptors (Lipinski definition) is 9. The van der Waals surface area contributed by atoms with Crippen LogP contribution >= 0.6 is 0 Å². The van der Waals surface area contributed by atoms with Gasteiger partial charge in [-0.2, -0.15) is 23.5 Å². The first-order valence-corrected chi connectivity index (χ1v) is 17.4. The van der Waals surface area contributed by atoms with Gasteiger partial charge in [-0.3, -0.25) is 9.59 Å². The molecule has 2 aromatic heterocycles. The lowest BCUT2D eigenvalue weighted by molar-refractivity contribution is -0.141. The molecule has 1 fully saturated rings. The third-order valence-corrected chi connectivity index (χ3v) is 8.23. The summed E-state index contributed by atoms with van der Waals surface area (Å²) in [7, 11) is -1.40. The van der Waals surface area contributed by atoms with Gasteiger partial charge in [-0.15, -0.1) is 0 Å². The first-order chi connectivity index (χ1) is 19.8. The second kappa shape index (κ2) is 14.6. The molecule has 0 bridgehead atoms. The summed E-state index contributed by atoms with van der Waals surface area (Å²) in [4.78, 5) is 33.2. The summed E-state index contributed by atoms with van der Waals surface area (Å²) in [6.45, 7) is 9.92. The van der Waals surface area contributed by atoms with Crippen LogP contribution in [-0.4, -0.2) is 85.7 Å². The van der Waals surface area contributed by atoms with Gasteiger partial charge in [-0.25, -0.2) is 9.67 Å². The SMILES string of the molecule is CC(COc1cnn(COCC[Si](C)(C)C)c(=O)c1C(F)(F)F)OCCC(=O)N1CCN(c2ccc(C#N)cn2)CC1. The second-order valence-corrected chi connectivity index (χ2v) is 16.8. The quantitative estimate of drug-likeness (QED) is 0.248. The van der Waals surface area contributed by atoms with Crippen molar-refractivity contribution in [3.63, 3.8) is 0 Å². The molecular weight excluding hydrogens is 573 g/mol. The molecule has 15 heteroatoms. The molecule has 0 N–H and O–H groups in total. The number of carbonyl (C=O) groups excluding carboxylic acids is 1. The Hall–Kier alpha value is -3.48. The predicted octanol–water partition coefficient (Wildman–Crippen LogP) is 3.36. The molecule has 2 aromatic rings. The van der Waals surface area contributed by atoms with E-state index in [1.807, 2.05) is 11.0 Å². The highest BCUT2D eigenvalue weighted by Gasteiger charge is 2.39. The Kier molecular flexibility index (Phi) is 11.5. The summed E-state index contributed by atoms with van der Waals surface area (Å²) in [5.41, 5.74) is -2.32. The van der Waals surface area contributed by atoms with Crippen molar-refractivity contribution in [1.82, 2.24) is 19.7 Å². The number of hydrogen-bond donors (Lipinski definition) is 0. The van der Waals surface area contributed by atoms with Crippen molar-refractivity contribution < 1.29 is 32.2 Å². The minimum atomic E-state index is -4.95. The zero-order chi connectivity index (χ0) is 30.9. The number of nitriles is 1. The molecule has 1 unspecified atom stereocenters. The van der Waals surface area contributed by atoms with Crippen molar-refractivity contribution in [2.75, 3.05) is 50.9 Å². The highest BCUT2D eigenvalue weighted by molar-refractivity contribution is 6.76. The van der Waals surface area contributed by atoms with Gasteiger partial charge in [0, 0.05) is 47.1 Å². The Balaban J connectivity index is 1.44. The van der Waals surface area contributed by atoms with Crippen LogP contribution in [0.15, 0.2) is 29.3 Å². The molecule has 1 atom stereocenters. The monoisotopic (exact) mass is 610 g/mol. The maximum atomic E-state index is 13.7. The van der Waals surface area contributed by atoms with Crippen LogP contribution in [0, 0.1) is 11.3 Å². The number of pyridine rings is 1. The van der Waals surface area contributed by atoms with Crippen LogP contribution in [0.25, 0.3) is 0 Å². The number of aromatic nitrogens is 3. The largest absolute Gasteiger partial charge is 0.488 e. The number of anilines is 1. The molecule has 0 saturated carbocycles. The topological polar surface area (TPSA) is 123 Å². The fraction of sp³-hybridized carbons (Fsp3) is 0.593. The molecular formula is C27H37F3N6O5Si. The zero-order valence-electron chi connectivity index (χ0n) is 24.3. The van der Waals surface area contributed by atoms with Crippen molar-refractivity contribution in [2.24, 2.45) is 0 Å². The van der Waals surface area contributed by atoms with Crippen LogP contribution in [0.5, 0.6) is 5.75 Å². The van der Waals surface area contributed by atoms with E-state index in [4.69, 9.17) is 19.5 Å². The summed E-state index contributed by atoms with van der Waals surface area (Å²) in [5.74, 6) is -0.0490. The molecule has 3 rings (SSSR count). The summed E-state index contributed by atoms with van der Waals surface area (Å²) in [6, 6.07) is 6.30. The Labute approximate surface area is 243 Å². The van der Waals surface area contributed by atoms with Gasteiger partial charge in [-0.1, -0.05) is 19.6 Å². The predicted molar refractivity (Wildman–Crippen MR) is 151 cm³/mol. The number of piperazine rings is 1. The molecule has 0 spiro atoms. The Morgan fingerprint density at radius 1 is 1.14 bits per heavy atom. The minimum Gasteiger partial charge on any atom is -0.488 e. The molecule has 1 saturated heterocycles. The number of amides is 1. The lowest BCUT2D eigenvalue weighted by Gasteiger charge is -2.35. The van der Waals surface area contributed by atoms with E-state index in [-0.39, 0.29) is 32.3 Å². The van der Waals surface area contributed by atoms with Crippen molar-refractivity contribution >= 4 is 19.8 Å². The van der Waals surface area contributed by atoms with E-state index in [1.165, 1.54) is 6.20 Å². The standard InChI is InChI=1S/C27H37F3N6O5Si/c1-20(40-12-7-24(37)35-10-8-34(9-11-35)23-6-5-21(15-31)16-32-23)18-41-22-17-33-36(19-39-13-14-42(2,3)4)26(38)25(22)27(28,29)30/h5-6,16-17,20H,7-14,18-19H2,1-4H3. The van der Waals surface area contributed by atoms with Gasteiger partial charge in [0.25, 0.3) is 5.56 Å². The van der Waals surface area contributed by atoms with E-state index >= 15 is 0 Å². The number of nitrogens with zero attached hydrogens (tertiary/aromatic N) is 6. The maximum absolute atomic E-state index is 13.7. The average molecular weight is 611 g/mol. The number of alkyl halides is 3. The van der Waals surface area contributed by atoms with E-state index < -0.39 is 37.2 Å². The van der Waals surface area contributed by atoms with Crippen molar-refractivity contribution in [2.45, 2.75) is 58.0 Å². The van der Waals surface area contributed by atoms with E-state index in [1.54, 1.807) is 24.0 Å². The van der Waals surface area contributed by atoms with Gasteiger partial charge in [-0.05, 0) is 25.1 Å². The third kappa shape index (κ3) is 9.81. The molecule has 3 heterocycles. The van der Waals surface area contributed by atoms with Crippen LogP contribution in [0.1, 0.15) is 24.5 Å². The van der Waals surface area contributed by atoms with Crippen molar-refractivity contribution in [1.29, 1.82) is 5.26 Å². The molecule has 0 aromatic carbocycles. The first-order valence-electron chi connectivity index (χ1n) is 13.7. The van der Waals surface area contributed by atoms with Crippen LogP contribution in [0.2, 0.25) is 25.7 Å². The maximum Gasteiger partial charge on any atom is 0.425 e. The molecule has 1 aliphatic heterocycles. The van der Waals surface area contributed by atoms with E-state index in [0.29, 0.717) is 43.0 Å². The van der Waals surface area contributed by atoms with Crippen molar-refractivity contribution in [3.8, 4) is 11.8 Å². The highest BCUT2D eigenvalue weighted by Crippen LogP contribution is 2.33. The van der Waals surface area contributed by atoms with Gasteiger partial charge in [0.15, 0.2) is 11.3 Å². The molecule has 1 amide bonds. The molecule has 11 nitrogen and oxygen atoms in total. The van der Waals surface area contributed by atoms with Gasteiger partial charge in [0.2, 0.25) is 5.91 Å². The number of rotatable bonds is 13. The summed E-state index contributed by atoms with van der Waals surface area (Å²) < 4.78 is 58.1. The molecule has 0 radical (unpaired) electrons. The number of carbonyl (C=O) groups is 1. The third-order valence-electron chi connectivity index (χ3n) is 6.53. The van der Waals surface area contributed by atoms with Gasteiger partial charge in [0.05, 0.1) is 30.9 Å². The summed E-state index contributed by atoms with van der Waals surface area (Å²) in [5, 5.41) is 12.7. The van der Waals surface area contributed by atoms with Gasteiger partial charge < -0.3 is 24.0 Å². The Bertz CT molecular complexity index is 1290. The summed E-state index contributed by atoms with van der Waals surface area (Å²) in [6.07, 6.45) is -3.13. The van der Waals surface area contributed by atoms with Crippen molar-refractivity contribution in [3.05, 3.63) is 46.0 Å².